The van der Waals surface area contributed by atoms with Crippen molar-refractivity contribution >= 4 is 11.9 Å². The summed E-state index contributed by atoms with van der Waals surface area (Å²) in [6, 6.07) is 37.8. The molecule has 0 bridgehead atoms. The normalized spacial score (nSPS) is 14.3. The van der Waals surface area contributed by atoms with Gasteiger partial charge in [0.1, 0.15) is 0 Å². The topological polar surface area (TPSA) is 77.3 Å². The fourth-order valence-corrected chi connectivity index (χ4v) is 4.40. The molecule has 0 amide bonds. The number of carbonyl (C=O) groups is 2. The van der Waals surface area contributed by atoms with Crippen molar-refractivity contribution in [1.29, 1.82) is 0 Å². The maximum absolute atomic E-state index is 12.5. The van der Waals surface area contributed by atoms with Crippen LogP contribution < -0.4 is 0 Å². The summed E-state index contributed by atoms with van der Waals surface area (Å²) < 4.78 is 11.9. The first-order valence-electron chi connectivity index (χ1n) is 12.4. The van der Waals surface area contributed by atoms with E-state index in [2.05, 4.69) is 0 Å². The second-order valence-electron chi connectivity index (χ2n) is 9.01. The molecule has 192 valence electrons. The van der Waals surface area contributed by atoms with Crippen LogP contribution in [-0.2, 0) is 43.4 Å². The standard InChI is InChI=1S/C32H30N2O4/c1-25(35)37-31(29-19-11-5-12-20-29,23-27-15-7-3-8-16-27)33-34-32(38-26(2)36,30-21-13-6-14-22-30)24-28-17-9-4-10-18-28/h3-22H,23-24H2,1-2H3/b34-33+. The highest BCUT2D eigenvalue weighted by Gasteiger charge is 2.41. The third-order valence-corrected chi connectivity index (χ3v) is 6.02. The van der Waals surface area contributed by atoms with Crippen molar-refractivity contribution in [3.05, 3.63) is 144 Å². The lowest BCUT2D eigenvalue weighted by atomic mass is 9.94. The zero-order valence-electron chi connectivity index (χ0n) is 21.5. The molecule has 4 aromatic rings. The third kappa shape index (κ3) is 6.59. The van der Waals surface area contributed by atoms with Crippen LogP contribution in [0.3, 0.4) is 0 Å². The summed E-state index contributed by atoms with van der Waals surface area (Å²) in [4.78, 5) is 25.0. The number of rotatable bonds is 10. The summed E-state index contributed by atoms with van der Waals surface area (Å²) in [5, 5.41) is 9.53. The monoisotopic (exact) mass is 506 g/mol. The Morgan fingerprint density at radius 3 is 1.11 bits per heavy atom. The minimum atomic E-state index is -1.49. The molecule has 0 heterocycles. The van der Waals surface area contributed by atoms with Crippen LogP contribution in [0.5, 0.6) is 0 Å². The Bertz CT molecular complexity index is 1260. The molecule has 0 saturated carbocycles. The average molecular weight is 507 g/mol. The zero-order valence-corrected chi connectivity index (χ0v) is 21.5. The molecule has 0 saturated heterocycles. The van der Waals surface area contributed by atoms with Crippen molar-refractivity contribution in [2.45, 2.75) is 38.1 Å². The predicted molar refractivity (Wildman–Crippen MR) is 145 cm³/mol. The van der Waals surface area contributed by atoms with Gasteiger partial charge in [0.15, 0.2) is 0 Å². The van der Waals surface area contributed by atoms with Gasteiger partial charge in [0.25, 0.3) is 11.4 Å². The number of esters is 2. The first kappa shape index (κ1) is 26.5. The summed E-state index contributed by atoms with van der Waals surface area (Å²) in [7, 11) is 0. The van der Waals surface area contributed by atoms with Crippen LogP contribution in [0, 0.1) is 0 Å². The maximum atomic E-state index is 12.5. The Morgan fingerprint density at radius 2 is 0.816 bits per heavy atom. The summed E-state index contributed by atoms with van der Waals surface area (Å²) in [5.41, 5.74) is 0.103. The van der Waals surface area contributed by atoms with Crippen LogP contribution in [0.2, 0.25) is 0 Å². The SMILES string of the molecule is CC(=O)OC(Cc1ccccc1)(/N=N/C(Cc1ccccc1)(OC(C)=O)c1ccccc1)c1ccccc1. The van der Waals surface area contributed by atoms with E-state index in [0.717, 1.165) is 11.1 Å². The molecule has 2 unspecified atom stereocenters. The maximum Gasteiger partial charge on any atom is 0.305 e. The lowest BCUT2D eigenvalue weighted by Crippen LogP contribution is -2.36. The van der Waals surface area contributed by atoms with Crippen LogP contribution in [-0.4, -0.2) is 11.9 Å². The summed E-state index contributed by atoms with van der Waals surface area (Å²) in [6.45, 7) is 2.69. The molecule has 0 aliphatic rings. The largest absolute Gasteiger partial charge is 0.431 e. The molecule has 0 radical (unpaired) electrons. The molecule has 4 aromatic carbocycles. The predicted octanol–water partition coefficient (Wildman–Crippen LogP) is 6.76. The highest BCUT2D eigenvalue weighted by Crippen LogP contribution is 2.38. The minimum absolute atomic E-state index is 0.233. The van der Waals surface area contributed by atoms with E-state index in [4.69, 9.17) is 19.7 Å². The Labute approximate surface area is 223 Å². The summed E-state index contributed by atoms with van der Waals surface area (Å²) >= 11 is 0. The van der Waals surface area contributed by atoms with Gasteiger partial charge in [-0.15, -0.1) is 10.2 Å². The Hall–Kier alpha value is -4.58. The van der Waals surface area contributed by atoms with E-state index in [-0.39, 0.29) is 12.8 Å². The Kier molecular flexibility index (Phi) is 8.44. The van der Waals surface area contributed by atoms with Crippen molar-refractivity contribution in [1.82, 2.24) is 0 Å². The van der Waals surface area contributed by atoms with Crippen molar-refractivity contribution in [3.63, 3.8) is 0 Å². The van der Waals surface area contributed by atoms with E-state index in [0.29, 0.717) is 11.1 Å². The van der Waals surface area contributed by atoms with Crippen molar-refractivity contribution < 1.29 is 19.1 Å². The molecule has 0 aromatic heterocycles. The molecule has 0 N–H and O–H groups in total. The van der Waals surface area contributed by atoms with Gasteiger partial charge in [-0.2, -0.15) is 0 Å². The lowest BCUT2D eigenvalue weighted by molar-refractivity contribution is -0.164. The van der Waals surface area contributed by atoms with Crippen molar-refractivity contribution in [3.8, 4) is 0 Å². The van der Waals surface area contributed by atoms with Crippen molar-refractivity contribution in [2.75, 3.05) is 0 Å². The molecular weight excluding hydrogens is 476 g/mol. The molecule has 4 rings (SSSR count). The van der Waals surface area contributed by atoms with Gasteiger partial charge in [-0.25, -0.2) is 0 Å². The van der Waals surface area contributed by atoms with Gasteiger partial charge in [-0.3, -0.25) is 9.59 Å². The number of azo groups is 1. The minimum Gasteiger partial charge on any atom is -0.431 e. The molecule has 2 atom stereocenters. The summed E-state index contributed by atoms with van der Waals surface area (Å²) in [5.74, 6) is -1.02. The van der Waals surface area contributed by atoms with E-state index in [1.54, 1.807) is 0 Å². The number of benzene rings is 4. The fourth-order valence-electron chi connectivity index (χ4n) is 4.40. The summed E-state index contributed by atoms with van der Waals surface area (Å²) in [6.07, 6.45) is 0.467. The zero-order chi connectivity index (χ0) is 26.8. The highest BCUT2D eigenvalue weighted by molar-refractivity contribution is 5.67. The van der Waals surface area contributed by atoms with E-state index in [1.807, 2.05) is 121 Å². The molecule has 6 heteroatoms. The smallest absolute Gasteiger partial charge is 0.305 e. The van der Waals surface area contributed by atoms with Gasteiger partial charge in [-0.05, 0) is 11.1 Å². The molecule has 0 fully saturated rings. The van der Waals surface area contributed by atoms with E-state index < -0.39 is 23.4 Å². The second-order valence-corrected chi connectivity index (χ2v) is 9.01. The van der Waals surface area contributed by atoms with Crippen LogP contribution in [0.25, 0.3) is 0 Å². The highest BCUT2D eigenvalue weighted by atomic mass is 16.6. The molecule has 0 aliphatic carbocycles. The van der Waals surface area contributed by atoms with Gasteiger partial charge < -0.3 is 9.47 Å². The van der Waals surface area contributed by atoms with Gasteiger partial charge in [0.05, 0.1) is 0 Å². The van der Waals surface area contributed by atoms with Crippen molar-refractivity contribution in [2.24, 2.45) is 10.2 Å². The number of hydrogen-bond acceptors (Lipinski definition) is 6. The Morgan fingerprint density at radius 1 is 0.526 bits per heavy atom. The Balaban J connectivity index is 1.92. The quantitative estimate of drug-likeness (QED) is 0.176. The third-order valence-electron chi connectivity index (χ3n) is 6.02. The number of ether oxygens (including phenoxy) is 2. The number of nitrogens with zero attached hydrogens (tertiary/aromatic N) is 2. The van der Waals surface area contributed by atoms with E-state index in [9.17, 15) is 9.59 Å². The second kappa shape index (κ2) is 12.1. The van der Waals surface area contributed by atoms with Crippen LogP contribution in [0.15, 0.2) is 132 Å². The van der Waals surface area contributed by atoms with E-state index >= 15 is 0 Å². The first-order valence-corrected chi connectivity index (χ1v) is 12.4. The van der Waals surface area contributed by atoms with Gasteiger partial charge in [0.2, 0.25) is 0 Å². The average Bonchev–Trinajstić information content (AvgIpc) is 2.93. The van der Waals surface area contributed by atoms with E-state index in [1.165, 1.54) is 13.8 Å². The number of carbonyl (C=O) groups excluding carboxylic acids is 2. The lowest BCUT2D eigenvalue weighted by Gasteiger charge is -2.33. The molecule has 0 spiro atoms. The van der Waals surface area contributed by atoms with Gasteiger partial charge in [-0.1, -0.05) is 121 Å². The van der Waals surface area contributed by atoms with Gasteiger partial charge >= 0.3 is 11.9 Å². The first-order chi connectivity index (χ1) is 18.4. The van der Waals surface area contributed by atoms with Crippen LogP contribution >= 0.6 is 0 Å². The fraction of sp³-hybridized carbons (Fsp3) is 0.188. The number of hydrogen-bond donors (Lipinski definition) is 0. The van der Waals surface area contributed by atoms with Crippen LogP contribution in [0.1, 0.15) is 36.1 Å². The molecule has 0 aliphatic heterocycles. The molecular formula is C32H30N2O4. The van der Waals surface area contributed by atoms with Gasteiger partial charge in [0, 0.05) is 37.8 Å². The molecule has 38 heavy (non-hydrogen) atoms. The molecule has 6 nitrogen and oxygen atoms in total. The van der Waals surface area contributed by atoms with Crippen LogP contribution in [0.4, 0.5) is 0 Å².